The van der Waals surface area contributed by atoms with Crippen LogP contribution in [0.25, 0.3) is 0 Å². The van der Waals surface area contributed by atoms with Gasteiger partial charge in [0.1, 0.15) is 0 Å². The van der Waals surface area contributed by atoms with E-state index in [-0.39, 0.29) is 6.04 Å². The van der Waals surface area contributed by atoms with Gasteiger partial charge in [0.05, 0.1) is 6.04 Å². The van der Waals surface area contributed by atoms with Crippen LogP contribution in [0.5, 0.6) is 0 Å². The van der Waals surface area contributed by atoms with Gasteiger partial charge in [-0.05, 0) is 12.0 Å². The Hall–Kier alpha value is -1.51. The molecule has 3 nitrogen and oxygen atoms in total. The summed E-state index contributed by atoms with van der Waals surface area (Å²) in [6, 6.07) is 9.72. The first-order chi connectivity index (χ1) is 7.16. The second kappa shape index (κ2) is 5.39. The van der Waals surface area contributed by atoms with Crippen LogP contribution in [-0.2, 0) is 0 Å². The summed E-state index contributed by atoms with van der Waals surface area (Å²) in [6.45, 7) is 2.06. The molecule has 0 saturated heterocycles. The van der Waals surface area contributed by atoms with Crippen molar-refractivity contribution in [2.75, 3.05) is 7.05 Å². The molecule has 82 valence electrons. The molecule has 1 aromatic carbocycles. The van der Waals surface area contributed by atoms with Crippen molar-refractivity contribution in [3.05, 3.63) is 35.9 Å². The maximum atomic E-state index is 10.9. The second-order valence-corrected chi connectivity index (χ2v) is 3.61. The van der Waals surface area contributed by atoms with Crippen LogP contribution in [0.2, 0.25) is 0 Å². The molecule has 0 saturated carbocycles. The second-order valence-electron chi connectivity index (χ2n) is 3.61. The molecule has 1 unspecified atom stereocenters. The van der Waals surface area contributed by atoms with Crippen molar-refractivity contribution in [3.63, 3.8) is 0 Å². The highest BCUT2D eigenvalue weighted by Crippen LogP contribution is 2.24. The van der Waals surface area contributed by atoms with Crippen molar-refractivity contribution < 1.29 is 9.90 Å². The lowest BCUT2D eigenvalue weighted by molar-refractivity contribution is 0.135. The van der Waals surface area contributed by atoms with E-state index in [9.17, 15) is 4.79 Å². The van der Waals surface area contributed by atoms with E-state index in [1.165, 1.54) is 4.90 Å². The van der Waals surface area contributed by atoms with Crippen LogP contribution in [0, 0.1) is 0 Å². The fourth-order valence-electron chi connectivity index (χ4n) is 1.67. The molecular weight excluding hydrogens is 190 g/mol. The molecule has 1 aromatic rings. The van der Waals surface area contributed by atoms with Gasteiger partial charge in [-0.15, -0.1) is 0 Å². The summed E-state index contributed by atoms with van der Waals surface area (Å²) in [7, 11) is 1.62. The Bertz CT molecular complexity index is 311. The van der Waals surface area contributed by atoms with Crippen molar-refractivity contribution in [2.45, 2.75) is 25.8 Å². The van der Waals surface area contributed by atoms with Gasteiger partial charge in [0.15, 0.2) is 0 Å². The Labute approximate surface area is 90.3 Å². The van der Waals surface area contributed by atoms with Gasteiger partial charge in [0.25, 0.3) is 0 Å². The van der Waals surface area contributed by atoms with E-state index in [0.29, 0.717) is 0 Å². The summed E-state index contributed by atoms with van der Waals surface area (Å²) in [5, 5.41) is 8.97. The average molecular weight is 207 g/mol. The molecule has 0 aliphatic heterocycles. The van der Waals surface area contributed by atoms with Crippen LogP contribution in [0.3, 0.4) is 0 Å². The highest BCUT2D eigenvalue weighted by molar-refractivity contribution is 5.65. The van der Waals surface area contributed by atoms with Crippen molar-refractivity contribution in [3.8, 4) is 0 Å². The number of carbonyl (C=O) groups is 1. The van der Waals surface area contributed by atoms with Gasteiger partial charge in [-0.2, -0.15) is 0 Å². The maximum absolute atomic E-state index is 10.9. The Kier molecular flexibility index (Phi) is 4.16. The van der Waals surface area contributed by atoms with Crippen molar-refractivity contribution >= 4 is 6.09 Å². The largest absolute Gasteiger partial charge is 0.465 e. The zero-order chi connectivity index (χ0) is 11.3. The fraction of sp³-hybridized carbons (Fsp3) is 0.417. The van der Waals surface area contributed by atoms with Crippen LogP contribution in [-0.4, -0.2) is 23.1 Å². The highest BCUT2D eigenvalue weighted by atomic mass is 16.4. The highest BCUT2D eigenvalue weighted by Gasteiger charge is 2.19. The third-order valence-corrected chi connectivity index (χ3v) is 2.52. The predicted octanol–water partition coefficient (Wildman–Crippen LogP) is 3.14. The molecule has 1 atom stereocenters. The monoisotopic (exact) mass is 207 g/mol. The summed E-state index contributed by atoms with van der Waals surface area (Å²) in [5.41, 5.74) is 1.06. The molecule has 3 heteroatoms. The normalized spacial score (nSPS) is 12.1. The lowest BCUT2D eigenvalue weighted by Crippen LogP contribution is -2.29. The first-order valence-electron chi connectivity index (χ1n) is 5.17. The average Bonchev–Trinajstić information content (AvgIpc) is 2.26. The summed E-state index contributed by atoms with van der Waals surface area (Å²) in [4.78, 5) is 12.3. The van der Waals surface area contributed by atoms with Crippen molar-refractivity contribution in [1.29, 1.82) is 0 Å². The number of hydrogen-bond donors (Lipinski definition) is 1. The molecule has 0 bridgehead atoms. The third kappa shape index (κ3) is 2.98. The molecular formula is C12H17NO2. The molecule has 1 rings (SSSR count). The van der Waals surface area contributed by atoms with E-state index in [0.717, 1.165) is 18.4 Å². The number of benzene rings is 1. The lowest BCUT2D eigenvalue weighted by Gasteiger charge is -2.25. The summed E-state index contributed by atoms with van der Waals surface area (Å²) >= 11 is 0. The molecule has 1 amide bonds. The maximum Gasteiger partial charge on any atom is 0.407 e. The fourth-order valence-corrected chi connectivity index (χ4v) is 1.67. The Morgan fingerprint density at radius 1 is 1.40 bits per heavy atom. The molecule has 0 aliphatic rings. The minimum Gasteiger partial charge on any atom is -0.465 e. The predicted molar refractivity (Wildman–Crippen MR) is 59.9 cm³/mol. The molecule has 0 aromatic heterocycles. The third-order valence-electron chi connectivity index (χ3n) is 2.52. The quantitative estimate of drug-likeness (QED) is 0.824. The van der Waals surface area contributed by atoms with E-state index in [1.807, 2.05) is 30.3 Å². The van der Waals surface area contributed by atoms with E-state index >= 15 is 0 Å². The van der Waals surface area contributed by atoms with Crippen molar-refractivity contribution in [1.82, 2.24) is 4.90 Å². The zero-order valence-corrected chi connectivity index (χ0v) is 9.18. The van der Waals surface area contributed by atoms with E-state index in [4.69, 9.17) is 5.11 Å². The lowest BCUT2D eigenvalue weighted by atomic mass is 10.0. The summed E-state index contributed by atoms with van der Waals surface area (Å²) in [5.74, 6) is 0. The van der Waals surface area contributed by atoms with Crippen LogP contribution >= 0.6 is 0 Å². The molecule has 0 spiro atoms. The van der Waals surface area contributed by atoms with Crippen LogP contribution in [0.4, 0.5) is 4.79 Å². The van der Waals surface area contributed by atoms with Gasteiger partial charge in [-0.1, -0.05) is 43.7 Å². The molecule has 15 heavy (non-hydrogen) atoms. The Morgan fingerprint density at radius 2 is 2.00 bits per heavy atom. The van der Waals surface area contributed by atoms with Gasteiger partial charge in [0.2, 0.25) is 0 Å². The zero-order valence-electron chi connectivity index (χ0n) is 9.18. The van der Waals surface area contributed by atoms with Gasteiger partial charge in [-0.3, -0.25) is 0 Å². The van der Waals surface area contributed by atoms with Gasteiger partial charge in [-0.25, -0.2) is 4.79 Å². The number of amides is 1. The number of nitrogens with zero attached hydrogens (tertiary/aromatic N) is 1. The van der Waals surface area contributed by atoms with Crippen LogP contribution in [0.15, 0.2) is 30.3 Å². The Balaban J connectivity index is 2.87. The number of hydrogen-bond acceptors (Lipinski definition) is 1. The summed E-state index contributed by atoms with van der Waals surface area (Å²) in [6.07, 6.45) is 0.946. The molecule has 1 N–H and O–H groups in total. The van der Waals surface area contributed by atoms with Gasteiger partial charge < -0.3 is 10.0 Å². The van der Waals surface area contributed by atoms with Crippen LogP contribution < -0.4 is 0 Å². The first kappa shape index (κ1) is 11.6. The molecule has 0 heterocycles. The topological polar surface area (TPSA) is 40.5 Å². The molecule has 0 fully saturated rings. The standard InChI is InChI=1S/C12H17NO2/c1-3-7-11(13(2)12(14)15)10-8-5-4-6-9-10/h4-6,8-9,11H,3,7H2,1-2H3,(H,14,15). The number of rotatable bonds is 4. The first-order valence-corrected chi connectivity index (χ1v) is 5.17. The molecule has 0 radical (unpaired) electrons. The summed E-state index contributed by atoms with van der Waals surface area (Å²) < 4.78 is 0. The van der Waals surface area contributed by atoms with E-state index < -0.39 is 6.09 Å². The minimum atomic E-state index is -0.877. The molecule has 0 aliphatic carbocycles. The number of carboxylic acid groups (broad SMARTS) is 1. The van der Waals surface area contributed by atoms with Gasteiger partial charge in [0, 0.05) is 7.05 Å². The smallest absolute Gasteiger partial charge is 0.407 e. The van der Waals surface area contributed by atoms with E-state index in [2.05, 4.69) is 6.92 Å². The minimum absolute atomic E-state index is 0.0336. The SMILES string of the molecule is CCCC(c1ccccc1)N(C)C(=O)O. The van der Waals surface area contributed by atoms with Gasteiger partial charge >= 0.3 is 6.09 Å². The Morgan fingerprint density at radius 3 is 2.47 bits per heavy atom. The van der Waals surface area contributed by atoms with Crippen molar-refractivity contribution in [2.24, 2.45) is 0 Å². The van der Waals surface area contributed by atoms with E-state index in [1.54, 1.807) is 7.05 Å². The van der Waals surface area contributed by atoms with Crippen LogP contribution in [0.1, 0.15) is 31.4 Å².